The van der Waals surface area contributed by atoms with Gasteiger partial charge in [-0.15, -0.1) is 17.0 Å². The van der Waals surface area contributed by atoms with Gasteiger partial charge in [0, 0.05) is 51.9 Å². The first kappa shape index (κ1) is 34.4. The highest BCUT2D eigenvalue weighted by Gasteiger charge is 2.29. The monoisotopic (exact) mass is 580 g/mol. The van der Waals surface area contributed by atoms with E-state index in [0.29, 0.717) is 39.3 Å². The smallest absolute Gasteiger partial charge is 0.410 e. The summed E-state index contributed by atoms with van der Waals surface area (Å²) in [5.74, 6) is -0.309. The van der Waals surface area contributed by atoms with Gasteiger partial charge >= 0.3 is 18.2 Å². The number of halogens is 1. The van der Waals surface area contributed by atoms with E-state index in [-0.39, 0.29) is 42.1 Å². The standard InChI is InChI=1S/C25H48N4O6.BrH/c1-19-17-29(22(32)35-25(8,9)10)16-15-27(21(31)34-24(5,6)7)13-11-26-12-14-28(19)18-20(30)33-23(2,3)4;/h19,26H,11-18H2,1-10H3;1H. The van der Waals surface area contributed by atoms with Crippen LogP contribution in [0.5, 0.6) is 0 Å². The molecule has 1 saturated heterocycles. The van der Waals surface area contributed by atoms with Crippen LogP contribution in [0.1, 0.15) is 69.2 Å². The van der Waals surface area contributed by atoms with Crippen molar-refractivity contribution in [3.05, 3.63) is 0 Å². The molecular weight excluding hydrogens is 532 g/mol. The highest BCUT2D eigenvalue weighted by molar-refractivity contribution is 8.93. The fraction of sp³-hybridized carbons (Fsp3) is 0.880. The SMILES string of the molecule is Br.CC1CN(C(=O)OC(C)(C)C)CCN(C(=O)OC(C)(C)C)CCNCCN1CC(=O)OC(C)(C)C. The van der Waals surface area contributed by atoms with Gasteiger partial charge in [0.1, 0.15) is 16.8 Å². The second-order valence-electron chi connectivity index (χ2n) is 12.0. The minimum absolute atomic E-state index is 0. The number of carbonyl (C=O) groups is 3. The van der Waals surface area contributed by atoms with Crippen molar-refractivity contribution in [2.24, 2.45) is 0 Å². The molecule has 1 atom stereocenters. The Morgan fingerprint density at radius 3 is 1.67 bits per heavy atom. The van der Waals surface area contributed by atoms with Crippen LogP contribution in [-0.2, 0) is 19.0 Å². The predicted octanol–water partition coefficient (Wildman–Crippen LogP) is 3.67. The van der Waals surface area contributed by atoms with Gasteiger partial charge in [-0.05, 0) is 69.2 Å². The fourth-order valence-corrected chi connectivity index (χ4v) is 3.44. The van der Waals surface area contributed by atoms with E-state index in [1.807, 2.05) is 74.1 Å². The molecule has 0 bridgehead atoms. The molecule has 1 fully saturated rings. The molecule has 1 rings (SSSR count). The Balaban J connectivity index is 0.0000122. The van der Waals surface area contributed by atoms with Crippen molar-refractivity contribution in [3.8, 4) is 0 Å². The molecule has 1 aliphatic rings. The number of amides is 2. The molecule has 0 aromatic rings. The van der Waals surface area contributed by atoms with Crippen LogP contribution in [0.3, 0.4) is 0 Å². The molecule has 1 unspecified atom stereocenters. The molecule has 0 radical (unpaired) electrons. The van der Waals surface area contributed by atoms with Crippen LogP contribution in [0.2, 0.25) is 0 Å². The van der Waals surface area contributed by atoms with Crippen molar-refractivity contribution < 1.29 is 28.6 Å². The molecule has 212 valence electrons. The van der Waals surface area contributed by atoms with E-state index >= 15 is 0 Å². The number of esters is 1. The minimum atomic E-state index is -0.658. The first-order chi connectivity index (χ1) is 15.9. The number of ether oxygens (including phenoxy) is 3. The number of hydrogen-bond donors (Lipinski definition) is 1. The van der Waals surface area contributed by atoms with E-state index in [1.165, 1.54) is 0 Å². The largest absolute Gasteiger partial charge is 0.459 e. The van der Waals surface area contributed by atoms with Gasteiger partial charge in [0.2, 0.25) is 0 Å². The van der Waals surface area contributed by atoms with Crippen molar-refractivity contribution in [2.75, 3.05) is 52.4 Å². The van der Waals surface area contributed by atoms with Crippen LogP contribution < -0.4 is 5.32 Å². The zero-order valence-electron chi connectivity index (χ0n) is 23.9. The Bertz CT molecular complexity index is 715. The van der Waals surface area contributed by atoms with Crippen molar-refractivity contribution in [2.45, 2.75) is 92.1 Å². The van der Waals surface area contributed by atoms with Crippen LogP contribution in [0.4, 0.5) is 9.59 Å². The van der Waals surface area contributed by atoms with E-state index < -0.39 is 29.0 Å². The van der Waals surface area contributed by atoms with Gasteiger partial charge in [0.15, 0.2) is 0 Å². The molecule has 0 spiro atoms. The molecule has 0 aromatic carbocycles. The summed E-state index contributed by atoms with van der Waals surface area (Å²) >= 11 is 0. The van der Waals surface area contributed by atoms with Crippen LogP contribution in [0.25, 0.3) is 0 Å². The zero-order chi connectivity index (χ0) is 27.0. The lowest BCUT2D eigenvalue weighted by Gasteiger charge is -2.36. The predicted molar refractivity (Wildman–Crippen MR) is 146 cm³/mol. The third-order valence-electron chi connectivity index (χ3n) is 4.94. The third-order valence-corrected chi connectivity index (χ3v) is 4.94. The van der Waals surface area contributed by atoms with Gasteiger partial charge in [0.25, 0.3) is 0 Å². The maximum atomic E-state index is 13.0. The molecule has 2 amide bonds. The van der Waals surface area contributed by atoms with Crippen molar-refractivity contribution in [1.82, 2.24) is 20.0 Å². The third kappa shape index (κ3) is 14.8. The first-order valence-electron chi connectivity index (χ1n) is 12.5. The number of rotatable bonds is 2. The molecule has 11 heteroatoms. The lowest BCUT2D eigenvalue weighted by molar-refractivity contribution is -0.156. The van der Waals surface area contributed by atoms with E-state index in [1.54, 1.807) is 9.80 Å². The molecule has 0 aromatic heterocycles. The molecule has 0 saturated carbocycles. The molecule has 36 heavy (non-hydrogen) atoms. The number of nitrogens with zero attached hydrogens (tertiary/aromatic N) is 3. The van der Waals surface area contributed by atoms with Gasteiger partial charge in [-0.1, -0.05) is 0 Å². The summed E-state index contributed by atoms with van der Waals surface area (Å²) in [6.07, 6.45) is -0.874. The van der Waals surface area contributed by atoms with Crippen LogP contribution >= 0.6 is 17.0 Å². The Kier molecular flexibility index (Phi) is 13.7. The Hall–Kier alpha value is -1.59. The highest BCUT2D eigenvalue weighted by Crippen LogP contribution is 2.14. The lowest BCUT2D eigenvalue weighted by Crippen LogP contribution is -2.53. The molecular formula is C25H49BrN4O6. The summed E-state index contributed by atoms with van der Waals surface area (Å²) in [5.41, 5.74) is -1.84. The number of hydrogen-bond acceptors (Lipinski definition) is 8. The van der Waals surface area contributed by atoms with E-state index in [0.717, 1.165) is 0 Å². The second-order valence-corrected chi connectivity index (χ2v) is 12.0. The number of nitrogens with one attached hydrogen (secondary N) is 1. The molecule has 1 aliphatic heterocycles. The second kappa shape index (κ2) is 14.4. The number of carbonyl (C=O) groups excluding carboxylic acids is 3. The summed E-state index contributed by atoms with van der Waals surface area (Å²) < 4.78 is 16.7. The van der Waals surface area contributed by atoms with Gasteiger partial charge in [-0.25, -0.2) is 9.59 Å². The Morgan fingerprint density at radius 1 is 0.722 bits per heavy atom. The van der Waals surface area contributed by atoms with Crippen LogP contribution in [0.15, 0.2) is 0 Å². The summed E-state index contributed by atoms with van der Waals surface area (Å²) in [6.45, 7) is 21.6. The van der Waals surface area contributed by atoms with Gasteiger partial charge < -0.3 is 29.3 Å². The summed E-state index contributed by atoms with van der Waals surface area (Å²) in [4.78, 5) is 43.6. The fourth-order valence-electron chi connectivity index (χ4n) is 3.44. The van der Waals surface area contributed by atoms with Crippen molar-refractivity contribution >= 4 is 35.1 Å². The normalized spacial score (nSPS) is 19.3. The van der Waals surface area contributed by atoms with Gasteiger partial charge in [-0.2, -0.15) is 0 Å². The Morgan fingerprint density at radius 2 is 1.17 bits per heavy atom. The lowest BCUT2D eigenvalue weighted by atomic mass is 10.2. The highest BCUT2D eigenvalue weighted by atomic mass is 79.9. The van der Waals surface area contributed by atoms with Gasteiger partial charge in [0.05, 0.1) is 6.54 Å². The maximum Gasteiger partial charge on any atom is 0.410 e. The first-order valence-corrected chi connectivity index (χ1v) is 12.5. The summed E-state index contributed by atoms with van der Waals surface area (Å²) in [7, 11) is 0. The van der Waals surface area contributed by atoms with Crippen LogP contribution in [-0.4, -0.2) is 108 Å². The van der Waals surface area contributed by atoms with Crippen LogP contribution in [0, 0.1) is 0 Å². The Labute approximate surface area is 228 Å². The average Bonchev–Trinajstić information content (AvgIpc) is 2.62. The van der Waals surface area contributed by atoms with E-state index in [9.17, 15) is 14.4 Å². The molecule has 0 aliphatic carbocycles. The average molecular weight is 582 g/mol. The molecule has 1 N–H and O–H groups in total. The van der Waals surface area contributed by atoms with E-state index in [2.05, 4.69) is 5.32 Å². The maximum absolute atomic E-state index is 13.0. The van der Waals surface area contributed by atoms with E-state index in [4.69, 9.17) is 14.2 Å². The molecule has 1 heterocycles. The topological polar surface area (TPSA) is 101 Å². The summed E-state index contributed by atoms with van der Waals surface area (Å²) in [6, 6.07) is -0.147. The minimum Gasteiger partial charge on any atom is -0.459 e. The van der Waals surface area contributed by atoms with Crippen molar-refractivity contribution in [3.63, 3.8) is 0 Å². The zero-order valence-corrected chi connectivity index (χ0v) is 25.6. The quantitative estimate of drug-likeness (QED) is 0.390. The van der Waals surface area contributed by atoms with Gasteiger partial charge in [-0.3, -0.25) is 9.69 Å². The molecule has 10 nitrogen and oxygen atoms in total. The van der Waals surface area contributed by atoms with Crippen molar-refractivity contribution in [1.29, 1.82) is 0 Å². The summed E-state index contributed by atoms with van der Waals surface area (Å²) in [5, 5.41) is 3.34.